The first-order valence-corrected chi connectivity index (χ1v) is 5.49. The van der Waals surface area contributed by atoms with Crippen LogP contribution in [0.3, 0.4) is 0 Å². The van der Waals surface area contributed by atoms with Crippen LogP contribution in [0.2, 0.25) is 0 Å². The Balaban J connectivity index is 2.67. The molecular weight excluding hydrogens is 220 g/mol. The maximum absolute atomic E-state index is 11.5. The third kappa shape index (κ3) is 4.59. The Morgan fingerprint density at radius 1 is 1.12 bits per heavy atom. The molecular formula is C13H16O4. The Morgan fingerprint density at radius 3 is 2.35 bits per heavy atom. The molecule has 1 aromatic carbocycles. The van der Waals surface area contributed by atoms with Crippen molar-refractivity contribution in [2.24, 2.45) is 0 Å². The normalized spacial score (nSPS) is 10.8. The van der Waals surface area contributed by atoms with E-state index in [4.69, 9.17) is 14.2 Å². The molecule has 17 heavy (non-hydrogen) atoms. The molecule has 0 aliphatic rings. The van der Waals surface area contributed by atoms with Gasteiger partial charge in [-0.2, -0.15) is 0 Å². The summed E-state index contributed by atoms with van der Waals surface area (Å²) in [5.41, 5.74) is 0. The van der Waals surface area contributed by atoms with Crippen molar-refractivity contribution in [3.8, 4) is 5.75 Å². The lowest BCUT2D eigenvalue weighted by molar-refractivity contribution is -0.142. The summed E-state index contributed by atoms with van der Waals surface area (Å²) in [5.74, 6) is 0.178. The molecule has 0 amide bonds. The summed E-state index contributed by atoms with van der Waals surface area (Å²) < 4.78 is 15.3. The van der Waals surface area contributed by atoms with Gasteiger partial charge in [-0.1, -0.05) is 18.2 Å². The van der Waals surface area contributed by atoms with Crippen molar-refractivity contribution in [1.29, 1.82) is 0 Å². The minimum atomic E-state index is -0.523. The van der Waals surface area contributed by atoms with Crippen molar-refractivity contribution in [1.82, 2.24) is 0 Å². The van der Waals surface area contributed by atoms with Gasteiger partial charge in [-0.15, -0.1) is 0 Å². The molecule has 4 nitrogen and oxygen atoms in total. The summed E-state index contributed by atoms with van der Waals surface area (Å²) in [7, 11) is 0. The van der Waals surface area contributed by atoms with Crippen LogP contribution in [-0.2, 0) is 14.3 Å². The summed E-state index contributed by atoms with van der Waals surface area (Å²) in [4.78, 5) is 11.5. The molecule has 0 saturated carbocycles. The molecule has 0 saturated heterocycles. The van der Waals surface area contributed by atoms with Gasteiger partial charge in [-0.3, -0.25) is 0 Å². The molecule has 0 fully saturated rings. The second-order valence-corrected chi connectivity index (χ2v) is 3.07. The van der Waals surface area contributed by atoms with Crippen molar-refractivity contribution in [2.45, 2.75) is 13.8 Å². The number of carbonyl (C=O) groups excluding carboxylic acids is 1. The second-order valence-electron chi connectivity index (χ2n) is 3.07. The summed E-state index contributed by atoms with van der Waals surface area (Å²) in [5, 5.41) is 0. The highest BCUT2D eigenvalue weighted by Crippen LogP contribution is 2.10. The van der Waals surface area contributed by atoms with E-state index >= 15 is 0 Å². The summed E-state index contributed by atoms with van der Waals surface area (Å²) in [6, 6.07) is 9.13. The lowest BCUT2D eigenvalue weighted by Crippen LogP contribution is -2.11. The molecule has 0 spiro atoms. The standard InChI is InChI=1S/C13H16O4/c1-3-15-12(13(14)16-4-2)10-17-11-8-6-5-7-9-11/h5-10H,3-4H2,1-2H3/b12-10-. The molecule has 0 atom stereocenters. The van der Waals surface area contributed by atoms with Crippen LogP contribution in [0, 0.1) is 0 Å². The molecule has 4 heteroatoms. The second kappa shape index (κ2) is 7.33. The smallest absolute Gasteiger partial charge is 0.376 e. The molecule has 0 aliphatic heterocycles. The fourth-order valence-electron chi connectivity index (χ4n) is 1.12. The minimum absolute atomic E-state index is 0.0678. The number of carbonyl (C=O) groups is 1. The maximum Gasteiger partial charge on any atom is 0.376 e. The quantitative estimate of drug-likeness (QED) is 0.432. The predicted octanol–water partition coefficient (Wildman–Crippen LogP) is 2.51. The number of ether oxygens (including phenoxy) is 3. The van der Waals surface area contributed by atoms with Gasteiger partial charge in [-0.05, 0) is 26.0 Å². The molecule has 0 radical (unpaired) electrons. The van der Waals surface area contributed by atoms with Crippen LogP contribution in [-0.4, -0.2) is 19.2 Å². The van der Waals surface area contributed by atoms with Gasteiger partial charge >= 0.3 is 5.97 Å². The zero-order valence-electron chi connectivity index (χ0n) is 10.0. The highest BCUT2D eigenvalue weighted by molar-refractivity contribution is 5.85. The Morgan fingerprint density at radius 2 is 1.76 bits per heavy atom. The van der Waals surface area contributed by atoms with E-state index in [1.807, 2.05) is 18.2 Å². The Hall–Kier alpha value is -1.97. The first-order chi connectivity index (χ1) is 8.27. The van der Waals surface area contributed by atoms with Crippen LogP contribution >= 0.6 is 0 Å². The van der Waals surface area contributed by atoms with Gasteiger partial charge in [0.05, 0.1) is 13.2 Å². The van der Waals surface area contributed by atoms with Gasteiger partial charge in [0.1, 0.15) is 12.0 Å². The predicted molar refractivity (Wildman–Crippen MR) is 63.4 cm³/mol. The number of benzene rings is 1. The van der Waals surface area contributed by atoms with Gasteiger partial charge in [0.25, 0.3) is 0 Å². The van der Waals surface area contributed by atoms with E-state index in [9.17, 15) is 4.79 Å². The van der Waals surface area contributed by atoms with Crippen molar-refractivity contribution < 1.29 is 19.0 Å². The van der Waals surface area contributed by atoms with Crippen molar-refractivity contribution in [2.75, 3.05) is 13.2 Å². The van der Waals surface area contributed by atoms with Gasteiger partial charge in [0, 0.05) is 0 Å². The number of hydrogen-bond donors (Lipinski definition) is 0. The fourth-order valence-corrected chi connectivity index (χ4v) is 1.12. The van der Waals surface area contributed by atoms with E-state index in [2.05, 4.69) is 0 Å². The molecule has 1 aromatic rings. The number of rotatable bonds is 6. The monoisotopic (exact) mass is 236 g/mol. The maximum atomic E-state index is 11.5. The molecule has 1 rings (SSSR count). The molecule has 0 N–H and O–H groups in total. The van der Waals surface area contributed by atoms with Crippen molar-refractivity contribution in [3.05, 3.63) is 42.4 Å². The van der Waals surface area contributed by atoms with Gasteiger partial charge < -0.3 is 14.2 Å². The summed E-state index contributed by atoms with van der Waals surface area (Å²) in [6.07, 6.45) is 1.26. The van der Waals surface area contributed by atoms with Crippen LogP contribution < -0.4 is 4.74 Å². The SMILES string of the molecule is CCOC(=O)/C(=C/Oc1ccccc1)OCC. The minimum Gasteiger partial charge on any atom is -0.485 e. The average molecular weight is 236 g/mol. The van der Waals surface area contributed by atoms with E-state index in [1.165, 1.54) is 6.26 Å². The summed E-state index contributed by atoms with van der Waals surface area (Å²) in [6.45, 7) is 4.20. The van der Waals surface area contributed by atoms with Crippen LogP contribution in [0.4, 0.5) is 0 Å². The first-order valence-electron chi connectivity index (χ1n) is 5.49. The van der Waals surface area contributed by atoms with Crippen LogP contribution in [0.1, 0.15) is 13.8 Å². The lowest BCUT2D eigenvalue weighted by Gasteiger charge is -2.07. The highest BCUT2D eigenvalue weighted by Gasteiger charge is 2.12. The zero-order chi connectivity index (χ0) is 12.5. The topological polar surface area (TPSA) is 44.8 Å². The molecule has 0 aliphatic carbocycles. The molecule has 0 aromatic heterocycles. The molecule has 92 valence electrons. The first kappa shape index (κ1) is 13.1. The lowest BCUT2D eigenvalue weighted by atomic mass is 10.3. The van der Waals surface area contributed by atoms with Gasteiger partial charge in [0.15, 0.2) is 0 Å². The van der Waals surface area contributed by atoms with Crippen molar-refractivity contribution in [3.63, 3.8) is 0 Å². The Bertz CT molecular complexity index is 370. The average Bonchev–Trinajstić information content (AvgIpc) is 2.36. The van der Waals surface area contributed by atoms with E-state index in [0.29, 0.717) is 19.0 Å². The van der Waals surface area contributed by atoms with Gasteiger partial charge in [0.2, 0.25) is 5.76 Å². The van der Waals surface area contributed by atoms with Crippen LogP contribution in [0.5, 0.6) is 5.75 Å². The van der Waals surface area contributed by atoms with E-state index in [1.54, 1.807) is 26.0 Å². The zero-order valence-corrected chi connectivity index (χ0v) is 10.0. The number of esters is 1. The van der Waals surface area contributed by atoms with Crippen molar-refractivity contribution >= 4 is 5.97 Å². The number of hydrogen-bond acceptors (Lipinski definition) is 4. The van der Waals surface area contributed by atoms with E-state index in [0.717, 1.165) is 0 Å². The molecule has 0 bridgehead atoms. The van der Waals surface area contributed by atoms with Crippen LogP contribution in [0.25, 0.3) is 0 Å². The molecule has 0 heterocycles. The Labute approximate surface area is 101 Å². The third-order valence-corrected chi connectivity index (χ3v) is 1.82. The highest BCUT2D eigenvalue weighted by atomic mass is 16.6. The summed E-state index contributed by atoms with van der Waals surface area (Å²) >= 11 is 0. The molecule has 0 unspecified atom stereocenters. The van der Waals surface area contributed by atoms with E-state index in [-0.39, 0.29) is 5.76 Å². The fraction of sp³-hybridized carbons (Fsp3) is 0.308. The van der Waals surface area contributed by atoms with E-state index < -0.39 is 5.97 Å². The van der Waals surface area contributed by atoms with Crippen LogP contribution in [0.15, 0.2) is 42.4 Å². The number of para-hydroxylation sites is 1. The largest absolute Gasteiger partial charge is 0.485 e. The van der Waals surface area contributed by atoms with Gasteiger partial charge in [-0.25, -0.2) is 4.79 Å². The Kier molecular flexibility index (Phi) is 5.64. The third-order valence-electron chi connectivity index (χ3n) is 1.82.